The first-order valence-corrected chi connectivity index (χ1v) is 3.74. The van der Waals surface area contributed by atoms with Crippen molar-refractivity contribution in [2.24, 2.45) is 11.3 Å². The number of ketones is 1. The van der Waals surface area contributed by atoms with Crippen molar-refractivity contribution in [2.45, 2.75) is 26.7 Å². The molecule has 0 aromatic rings. The van der Waals surface area contributed by atoms with Crippen LogP contribution in [-0.4, -0.2) is 5.78 Å². The summed E-state index contributed by atoms with van der Waals surface area (Å²) in [5, 5.41) is 0. The van der Waals surface area contributed by atoms with Crippen molar-refractivity contribution in [3.05, 3.63) is 12.7 Å². The monoisotopic (exact) mass is 138 g/mol. The molecule has 1 fully saturated rings. The molecule has 56 valence electrons. The molecule has 1 nitrogen and oxygen atoms in total. The van der Waals surface area contributed by atoms with Crippen molar-refractivity contribution < 1.29 is 4.79 Å². The molecule has 0 aliphatic heterocycles. The Bertz CT molecular complexity index is 172. The van der Waals surface area contributed by atoms with Gasteiger partial charge in [-0.2, -0.15) is 0 Å². The maximum atomic E-state index is 11.0. The molecule has 0 amide bonds. The minimum absolute atomic E-state index is 0.117. The maximum absolute atomic E-state index is 11.0. The lowest BCUT2D eigenvalue weighted by molar-refractivity contribution is -0.128. The molecular weight excluding hydrogens is 124 g/mol. The fourth-order valence-electron chi connectivity index (χ4n) is 1.66. The smallest absolute Gasteiger partial charge is 0.133 e. The molecule has 10 heavy (non-hydrogen) atoms. The van der Waals surface area contributed by atoms with Crippen molar-refractivity contribution in [2.75, 3.05) is 0 Å². The van der Waals surface area contributed by atoms with Crippen LogP contribution in [0.3, 0.4) is 0 Å². The van der Waals surface area contributed by atoms with Gasteiger partial charge in [-0.05, 0) is 25.2 Å². The Morgan fingerprint density at radius 3 is 2.50 bits per heavy atom. The highest BCUT2D eigenvalue weighted by molar-refractivity contribution is 5.80. The summed E-state index contributed by atoms with van der Waals surface area (Å²) in [6, 6.07) is 0. The Kier molecular flexibility index (Phi) is 1.67. The zero-order valence-corrected chi connectivity index (χ0v) is 6.68. The molecule has 0 bridgehead atoms. The van der Waals surface area contributed by atoms with Crippen molar-refractivity contribution in [1.29, 1.82) is 0 Å². The highest BCUT2D eigenvalue weighted by Crippen LogP contribution is 2.47. The van der Waals surface area contributed by atoms with E-state index in [1.54, 1.807) is 6.92 Å². The zero-order valence-electron chi connectivity index (χ0n) is 6.68. The molecule has 0 saturated heterocycles. The fraction of sp³-hybridized carbons (Fsp3) is 0.667. The molecule has 1 saturated carbocycles. The summed E-state index contributed by atoms with van der Waals surface area (Å²) >= 11 is 0. The topological polar surface area (TPSA) is 17.1 Å². The second-order valence-electron chi connectivity index (χ2n) is 3.41. The van der Waals surface area contributed by atoms with E-state index in [0.717, 1.165) is 12.8 Å². The van der Waals surface area contributed by atoms with Gasteiger partial charge in [0.15, 0.2) is 0 Å². The summed E-state index contributed by atoms with van der Waals surface area (Å²) in [5.74, 6) is 0.568. The van der Waals surface area contributed by atoms with Gasteiger partial charge < -0.3 is 0 Å². The molecule has 0 radical (unpaired) electrons. The Morgan fingerprint density at radius 1 is 1.80 bits per heavy atom. The number of Topliss-reactive ketones (excluding diaryl/α,β-unsaturated/α-hetero) is 1. The van der Waals surface area contributed by atoms with Gasteiger partial charge in [0, 0.05) is 5.92 Å². The van der Waals surface area contributed by atoms with E-state index < -0.39 is 0 Å². The normalized spacial score (nSPS) is 38.4. The van der Waals surface area contributed by atoms with E-state index in [4.69, 9.17) is 0 Å². The molecule has 0 N–H and O–H groups in total. The highest BCUT2D eigenvalue weighted by atomic mass is 16.1. The third-order valence-corrected chi connectivity index (χ3v) is 2.72. The fourth-order valence-corrected chi connectivity index (χ4v) is 1.66. The predicted molar refractivity (Wildman–Crippen MR) is 41.7 cm³/mol. The average molecular weight is 138 g/mol. The highest BCUT2D eigenvalue weighted by Gasteiger charge is 2.42. The number of carbonyl (C=O) groups is 1. The van der Waals surface area contributed by atoms with E-state index >= 15 is 0 Å². The lowest BCUT2D eigenvalue weighted by Gasteiger charge is -2.43. The van der Waals surface area contributed by atoms with Gasteiger partial charge >= 0.3 is 0 Å². The largest absolute Gasteiger partial charge is 0.300 e. The summed E-state index contributed by atoms with van der Waals surface area (Å²) in [7, 11) is 0. The van der Waals surface area contributed by atoms with Crippen LogP contribution < -0.4 is 0 Å². The third kappa shape index (κ3) is 0.898. The molecular formula is C9H14O. The van der Waals surface area contributed by atoms with Crippen LogP contribution >= 0.6 is 0 Å². The van der Waals surface area contributed by atoms with E-state index in [1.165, 1.54) is 0 Å². The standard InChI is InChI=1S/C9H14O/c1-4-9(3)6-5-8(9)7(2)10/h4,8H,1,5-6H2,2-3H3/t8-,9-/m0/s1. The predicted octanol–water partition coefficient (Wildman–Crippen LogP) is 2.18. The number of rotatable bonds is 2. The van der Waals surface area contributed by atoms with Gasteiger partial charge in [0.2, 0.25) is 0 Å². The van der Waals surface area contributed by atoms with Crippen LogP contribution in [0.25, 0.3) is 0 Å². The van der Waals surface area contributed by atoms with Crippen molar-refractivity contribution in [1.82, 2.24) is 0 Å². The quantitative estimate of drug-likeness (QED) is 0.534. The minimum Gasteiger partial charge on any atom is -0.300 e. The maximum Gasteiger partial charge on any atom is 0.133 e. The van der Waals surface area contributed by atoms with Crippen molar-refractivity contribution >= 4 is 5.78 Å². The summed E-state index contributed by atoms with van der Waals surface area (Å²) in [6.45, 7) is 7.51. The van der Waals surface area contributed by atoms with Crippen LogP contribution in [0.15, 0.2) is 12.7 Å². The summed E-state index contributed by atoms with van der Waals surface area (Å²) < 4.78 is 0. The first kappa shape index (κ1) is 7.52. The van der Waals surface area contributed by atoms with Crippen LogP contribution in [0.4, 0.5) is 0 Å². The molecule has 0 aromatic heterocycles. The van der Waals surface area contributed by atoms with Gasteiger partial charge in [-0.1, -0.05) is 13.0 Å². The van der Waals surface area contributed by atoms with E-state index in [-0.39, 0.29) is 11.3 Å². The molecule has 2 atom stereocenters. The lowest BCUT2D eigenvalue weighted by atomic mass is 9.60. The van der Waals surface area contributed by atoms with Gasteiger partial charge in [0.1, 0.15) is 5.78 Å². The van der Waals surface area contributed by atoms with E-state index in [2.05, 4.69) is 13.5 Å². The summed E-state index contributed by atoms with van der Waals surface area (Å²) in [4.78, 5) is 11.0. The van der Waals surface area contributed by atoms with Gasteiger partial charge in [-0.25, -0.2) is 0 Å². The lowest BCUT2D eigenvalue weighted by Crippen LogP contribution is -2.39. The number of hydrogen-bond donors (Lipinski definition) is 0. The molecule has 1 aliphatic carbocycles. The Morgan fingerprint density at radius 2 is 2.40 bits per heavy atom. The molecule has 1 rings (SSSR count). The molecule has 0 heterocycles. The average Bonchev–Trinajstić information content (AvgIpc) is 1.83. The zero-order chi connectivity index (χ0) is 7.78. The van der Waals surface area contributed by atoms with Crippen LogP contribution in [-0.2, 0) is 4.79 Å². The Balaban J connectivity index is 2.66. The van der Waals surface area contributed by atoms with Crippen molar-refractivity contribution in [3.8, 4) is 0 Å². The first-order valence-electron chi connectivity index (χ1n) is 3.74. The summed E-state index contributed by atoms with van der Waals surface area (Å²) in [6.07, 6.45) is 4.10. The number of carbonyl (C=O) groups excluding carboxylic acids is 1. The third-order valence-electron chi connectivity index (χ3n) is 2.72. The molecule has 0 aromatic carbocycles. The van der Waals surface area contributed by atoms with Crippen molar-refractivity contribution in [3.63, 3.8) is 0 Å². The molecule has 0 unspecified atom stereocenters. The summed E-state index contributed by atoms with van der Waals surface area (Å²) in [5.41, 5.74) is 0.117. The van der Waals surface area contributed by atoms with Gasteiger partial charge in [-0.3, -0.25) is 4.79 Å². The Hall–Kier alpha value is -0.590. The number of allylic oxidation sites excluding steroid dienone is 1. The second kappa shape index (κ2) is 2.22. The van der Waals surface area contributed by atoms with E-state index in [9.17, 15) is 4.79 Å². The van der Waals surface area contributed by atoms with Crippen LogP contribution in [0.5, 0.6) is 0 Å². The SMILES string of the molecule is C=C[C@@]1(C)CC[C@H]1C(C)=O. The molecule has 1 aliphatic rings. The van der Waals surface area contributed by atoms with Gasteiger partial charge in [-0.15, -0.1) is 6.58 Å². The van der Waals surface area contributed by atoms with E-state index in [0.29, 0.717) is 5.78 Å². The van der Waals surface area contributed by atoms with Crippen LogP contribution in [0, 0.1) is 11.3 Å². The molecule has 1 heteroatoms. The Labute approximate surface area is 62.1 Å². The minimum atomic E-state index is 0.117. The first-order chi connectivity index (χ1) is 4.60. The second-order valence-corrected chi connectivity index (χ2v) is 3.41. The van der Waals surface area contributed by atoms with Crippen LogP contribution in [0.2, 0.25) is 0 Å². The number of hydrogen-bond acceptors (Lipinski definition) is 1. The van der Waals surface area contributed by atoms with Gasteiger partial charge in [0.25, 0.3) is 0 Å². The van der Waals surface area contributed by atoms with Gasteiger partial charge in [0.05, 0.1) is 0 Å². The van der Waals surface area contributed by atoms with Crippen LogP contribution in [0.1, 0.15) is 26.7 Å². The molecule has 0 spiro atoms. The van der Waals surface area contributed by atoms with E-state index in [1.807, 2.05) is 6.08 Å².